The minimum Gasteiger partial charge on any atom is -0.313 e. The molecule has 0 N–H and O–H groups in total. The number of carbonyl (C=O) groups excluding carboxylic acids is 1. The lowest BCUT2D eigenvalue weighted by Gasteiger charge is -2.25. The molecule has 9 heteroatoms. The molecule has 2 aliphatic rings. The van der Waals surface area contributed by atoms with Gasteiger partial charge in [-0.2, -0.15) is 4.99 Å². The Morgan fingerprint density at radius 3 is 2.64 bits per heavy atom. The van der Waals surface area contributed by atoms with Gasteiger partial charge in [0.1, 0.15) is 5.82 Å². The van der Waals surface area contributed by atoms with E-state index in [-0.39, 0.29) is 28.4 Å². The van der Waals surface area contributed by atoms with Crippen LogP contribution in [-0.4, -0.2) is 42.3 Å². The average Bonchev–Trinajstić information content (AvgIpc) is 2.90. The third-order valence-corrected chi connectivity index (χ3v) is 7.78. The molecule has 2 heterocycles. The highest BCUT2D eigenvalue weighted by Gasteiger charge is 2.50. The highest BCUT2D eigenvalue weighted by atomic mass is 79.9. The summed E-state index contributed by atoms with van der Waals surface area (Å²) in [5, 5.41) is 0.116. The van der Waals surface area contributed by atoms with E-state index in [2.05, 4.69) is 20.9 Å². The second kappa shape index (κ2) is 6.35. The second-order valence-electron chi connectivity index (χ2n) is 7.22. The topological polar surface area (TPSA) is 66.8 Å². The first-order chi connectivity index (χ1) is 11.5. The number of nitrogens with zero attached hydrogens (tertiary/aromatic N) is 2. The quantitative estimate of drug-likeness (QED) is 0.659. The van der Waals surface area contributed by atoms with E-state index in [1.54, 1.807) is 37.8 Å². The smallest absolute Gasteiger partial charge is 0.253 e. The van der Waals surface area contributed by atoms with Crippen molar-refractivity contribution in [2.45, 2.75) is 32.1 Å². The van der Waals surface area contributed by atoms with Crippen molar-refractivity contribution in [3.05, 3.63) is 28.5 Å². The molecule has 1 amide bonds. The molecule has 2 saturated heterocycles. The van der Waals surface area contributed by atoms with Gasteiger partial charge in [0.05, 0.1) is 23.2 Å². The van der Waals surface area contributed by atoms with Gasteiger partial charge in [0.15, 0.2) is 15.0 Å². The van der Waals surface area contributed by atoms with Crippen molar-refractivity contribution < 1.29 is 17.6 Å². The van der Waals surface area contributed by atoms with Crippen LogP contribution in [0.15, 0.2) is 27.7 Å². The Balaban J connectivity index is 2.07. The molecule has 5 nitrogen and oxygen atoms in total. The second-order valence-corrected chi connectivity index (χ2v) is 11.5. The Morgan fingerprint density at radius 1 is 1.36 bits per heavy atom. The van der Waals surface area contributed by atoms with E-state index in [1.807, 2.05) is 0 Å². The van der Waals surface area contributed by atoms with Crippen molar-refractivity contribution in [2.24, 2.45) is 10.4 Å². The minimum atomic E-state index is -3.18. The summed E-state index contributed by atoms with van der Waals surface area (Å²) >= 11 is 4.46. The van der Waals surface area contributed by atoms with Gasteiger partial charge in [0.2, 0.25) is 0 Å². The normalized spacial score (nSPS) is 26.9. The zero-order valence-corrected chi connectivity index (χ0v) is 17.2. The van der Waals surface area contributed by atoms with E-state index in [0.29, 0.717) is 9.64 Å². The summed E-state index contributed by atoms with van der Waals surface area (Å²) in [5.41, 5.74) is -0.429. The number of carbonyl (C=O) groups is 1. The number of amidine groups is 1. The molecule has 0 unspecified atom stereocenters. The van der Waals surface area contributed by atoms with Crippen molar-refractivity contribution in [3.63, 3.8) is 0 Å². The van der Waals surface area contributed by atoms with Crippen LogP contribution in [0.3, 0.4) is 0 Å². The van der Waals surface area contributed by atoms with Crippen LogP contribution in [0.5, 0.6) is 0 Å². The molecule has 0 aromatic heterocycles. The Hall–Kier alpha value is -0.930. The molecule has 2 aliphatic heterocycles. The van der Waals surface area contributed by atoms with Crippen LogP contribution in [-0.2, 0) is 14.6 Å². The summed E-state index contributed by atoms with van der Waals surface area (Å²) in [6.07, 6.45) is 0. The van der Waals surface area contributed by atoms with Crippen LogP contribution in [0.2, 0.25) is 0 Å². The predicted molar refractivity (Wildman–Crippen MR) is 102 cm³/mol. The molecule has 25 heavy (non-hydrogen) atoms. The lowest BCUT2D eigenvalue weighted by molar-refractivity contribution is -0.124. The molecular formula is C16H18BrFN2O3S2. The third-order valence-electron chi connectivity index (χ3n) is 4.07. The first kappa shape index (κ1) is 18.8. The minimum absolute atomic E-state index is 0.0136. The van der Waals surface area contributed by atoms with E-state index in [9.17, 15) is 17.6 Å². The number of halogens is 2. The fourth-order valence-corrected chi connectivity index (χ4v) is 7.02. The summed E-state index contributed by atoms with van der Waals surface area (Å²) in [4.78, 5) is 18.1. The Morgan fingerprint density at radius 2 is 2.04 bits per heavy atom. The van der Waals surface area contributed by atoms with Gasteiger partial charge in [-0.05, 0) is 18.2 Å². The lowest BCUT2D eigenvalue weighted by atomic mass is 9.96. The van der Waals surface area contributed by atoms with Gasteiger partial charge >= 0.3 is 0 Å². The molecule has 0 spiro atoms. The molecule has 1 aromatic rings. The fraction of sp³-hybridized carbons (Fsp3) is 0.500. The fourth-order valence-electron chi connectivity index (χ4n) is 2.78. The zero-order chi connectivity index (χ0) is 18.6. The van der Waals surface area contributed by atoms with E-state index in [4.69, 9.17) is 0 Å². The maximum absolute atomic E-state index is 14.5. The van der Waals surface area contributed by atoms with Gasteiger partial charge in [-0.25, -0.2) is 12.8 Å². The molecule has 1 aromatic carbocycles. The number of hydrogen-bond acceptors (Lipinski definition) is 4. The molecule has 0 bridgehead atoms. The number of benzene rings is 1. The van der Waals surface area contributed by atoms with Crippen molar-refractivity contribution in [1.29, 1.82) is 0 Å². The highest BCUT2D eigenvalue weighted by molar-refractivity contribution is 9.10. The lowest BCUT2D eigenvalue weighted by Crippen LogP contribution is -2.38. The standard InChI is InChI=1S/C16H18BrFN2O3S2/c1-16(2,3)14(21)19-15-20(11-5-4-9(17)6-10(11)18)12-7-25(22,23)8-13(12)24-15/h4-6,12-13H,7-8H2,1-3H3/t12-,13-/m0/s1. The van der Waals surface area contributed by atoms with E-state index < -0.39 is 27.1 Å². The molecule has 2 atom stereocenters. The number of anilines is 1. The van der Waals surface area contributed by atoms with E-state index in [1.165, 1.54) is 17.8 Å². The van der Waals surface area contributed by atoms with Gasteiger partial charge in [0, 0.05) is 15.1 Å². The number of thioether (sulfide) groups is 1. The van der Waals surface area contributed by atoms with Crippen LogP contribution in [0.4, 0.5) is 10.1 Å². The SMILES string of the molecule is CC(C)(C)C(=O)N=C1S[C@H]2CS(=O)(=O)C[C@@H]2N1c1ccc(Br)cc1F. The molecular weight excluding hydrogens is 431 g/mol. The number of aliphatic imine (C=N–C) groups is 1. The van der Waals surface area contributed by atoms with Crippen LogP contribution >= 0.6 is 27.7 Å². The van der Waals surface area contributed by atoms with Gasteiger partial charge in [-0.3, -0.25) is 4.79 Å². The van der Waals surface area contributed by atoms with E-state index >= 15 is 0 Å². The van der Waals surface area contributed by atoms with Gasteiger partial charge in [0.25, 0.3) is 5.91 Å². The van der Waals surface area contributed by atoms with Crippen molar-refractivity contribution in [2.75, 3.05) is 16.4 Å². The monoisotopic (exact) mass is 448 g/mol. The Kier molecular flexibility index (Phi) is 4.79. The maximum atomic E-state index is 14.5. The number of sulfone groups is 1. The molecule has 3 rings (SSSR count). The van der Waals surface area contributed by atoms with E-state index in [0.717, 1.165) is 0 Å². The van der Waals surface area contributed by atoms with Crippen LogP contribution in [0, 0.1) is 11.2 Å². The average molecular weight is 449 g/mol. The summed E-state index contributed by atoms with van der Waals surface area (Å²) in [6.45, 7) is 5.28. The first-order valence-electron chi connectivity index (χ1n) is 7.72. The number of rotatable bonds is 1. The zero-order valence-electron chi connectivity index (χ0n) is 14.0. The molecule has 136 valence electrons. The van der Waals surface area contributed by atoms with Crippen LogP contribution < -0.4 is 4.90 Å². The number of amides is 1. The molecule has 0 saturated carbocycles. The highest BCUT2D eigenvalue weighted by Crippen LogP contribution is 2.42. The first-order valence-corrected chi connectivity index (χ1v) is 11.2. The van der Waals surface area contributed by atoms with Gasteiger partial charge in [-0.15, -0.1) is 0 Å². The van der Waals surface area contributed by atoms with Crippen molar-refractivity contribution in [1.82, 2.24) is 0 Å². The van der Waals surface area contributed by atoms with Gasteiger partial charge < -0.3 is 4.90 Å². The van der Waals surface area contributed by atoms with Crippen molar-refractivity contribution >= 4 is 54.3 Å². The molecule has 0 aliphatic carbocycles. The van der Waals surface area contributed by atoms with Crippen LogP contribution in [0.1, 0.15) is 20.8 Å². The van der Waals surface area contributed by atoms with Crippen molar-refractivity contribution in [3.8, 4) is 0 Å². The molecule has 2 fully saturated rings. The summed E-state index contributed by atoms with van der Waals surface area (Å²) in [6, 6.07) is 4.16. The Labute approximate surface area is 159 Å². The Bertz CT molecular complexity index is 865. The summed E-state index contributed by atoms with van der Waals surface area (Å²) in [5.74, 6) is -0.862. The largest absolute Gasteiger partial charge is 0.313 e. The third kappa shape index (κ3) is 3.78. The summed E-state index contributed by atoms with van der Waals surface area (Å²) in [7, 11) is -3.18. The summed E-state index contributed by atoms with van der Waals surface area (Å²) < 4.78 is 39.1. The number of hydrogen-bond donors (Lipinski definition) is 0. The predicted octanol–water partition coefficient (Wildman–Crippen LogP) is 3.24. The van der Waals surface area contributed by atoms with Crippen LogP contribution in [0.25, 0.3) is 0 Å². The molecule has 0 radical (unpaired) electrons. The maximum Gasteiger partial charge on any atom is 0.253 e. The van der Waals surface area contributed by atoms with Gasteiger partial charge in [-0.1, -0.05) is 48.5 Å². The number of fused-ring (bicyclic) bond motifs is 1.